The molecule has 0 aromatic carbocycles. The molecule has 0 radical (unpaired) electrons. The second-order valence-electron chi connectivity index (χ2n) is 3.09. The molecule has 0 unspecified atom stereocenters. The topological polar surface area (TPSA) is 18.5 Å². The molecule has 1 aliphatic rings. The molecule has 1 atom stereocenters. The van der Waals surface area contributed by atoms with Gasteiger partial charge in [-0.3, -0.25) is 0 Å². The number of rotatable bonds is 4. The lowest BCUT2D eigenvalue weighted by Gasteiger charge is -2.11. The van der Waals surface area contributed by atoms with Gasteiger partial charge in [-0.15, -0.1) is 0 Å². The molecule has 0 aliphatic carbocycles. The van der Waals surface area contributed by atoms with Crippen molar-refractivity contribution >= 4 is 0 Å². The number of ether oxygens (including phenoxy) is 2. The van der Waals surface area contributed by atoms with Crippen molar-refractivity contribution in [3.05, 3.63) is 24.3 Å². The molecule has 0 aromatic heterocycles. The molecule has 13 heavy (non-hydrogen) atoms. The lowest BCUT2D eigenvalue weighted by molar-refractivity contribution is 0.0182. The van der Waals surface area contributed by atoms with Gasteiger partial charge in [0.1, 0.15) is 0 Å². The highest BCUT2D eigenvalue weighted by Gasteiger charge is 2.06. The van der Waals surface area contributed by atoms with Crippen LogP contribution >= 0.6 is 0 Å². The molecule has 0 bridgehead atoms. The molecule has 1 heterocycles. The van der Waals surface area contributed by atoms with E-state index >= 15 is 0 Å². The van der Waals surface area contributed by atoms with E-state index in [9.17, 15) is 0 Å². The van der Waals surface area contributed by atoms with Crippen molar-refractivity contribution in [2.75, 3.05) is 19.8 Å². The minimum absolute atomic E-state index is 0.160. The quantitative estimate of drug-likeness (QED) is 0.490. The lowest BCUT2D eigenvalue weighted by atomic mass is 10.3. The van der Waals surface area contributed by atoms with Crippen LogP contribution in [0.5, 0.6) is 0 Å². The van der Waals surface area contributed by atoms with Gasteiger partial charge in [0.25, 0.3) is 0 Å². The first-order valence-electron chi connectivity index (χ1n) is 4.90. The molecule has 74 valence electrons. The van der Waals surface area contributed by atoms with Crippen LogP contribution in [0.25, 0.3) is 0 Å². The summed E-state index contributed by atoms with van der Waals surface area (Å²) >= 11 is 0. The highest BCUT2D eigenvalue weighted by molar-refractivity contribution is 4.91. The van der Waals surface area contributed by atoms with Crippen LogP contribution < -0.4 is 0 Å². The maximum Gasteiger partial charge on any atom is 0.0989 e. The van der Waals surface area contributed by atoms with Gasteiger partial charge in [0.2, 0.25) is 0 Å². The SMILES string of the molecule is C/C=C/COC[C@@H]1C=CCCCO1. The minimum atomic E-state index is 0.160. The first-order chi connectivity index (χ1) is 6.43. The summed E-state index contributed by atoms with van der Waals surface area (Å²) in [6.45, 7) is 4.20. The van der Waals surface area contributed by atoms with Crippen molar-refractivity contribution in [1.82, 2.24) is 0 Å². The van der Waals surface area contributed by atoms with Crippen LogP contribution in [0, 0.1) is 0 Å². The molecular formula is C11H18O2. The van der Waals surface area contributed by atoms with Crippen molar-refractivity contribution < 1.29 is 9.47 Å². The van der Waals surface area contributed by atoms with E-state index in [0.717, 1.165) is 19.4 Å². The van der Waals surface area contributed by atoms with Gasteiger partial charge in [-0.1, -0.05) is 24.3 Å². The number of hydrogen-bond donors (Lipinski definition) is 0. The van der Waals surface area contributed by atoms with Crippen LogP contribution in [0.4, 0.5) is 0 Å². The Bertz CT molecular complexity index is 173. The molecule has 0 amide bonds. The van der Waals surface area contributed by atoms with Gasteiger partial charge in [-0.05, 0) is 19.8 Å². The van der Waals surface area contributed by atoms with Crippen LogP contribution in [0.2, 0.25) is 0 Å². The predicted octanol–water partition coefficient (Wildman–Crippen LogP) is 2.31. The zero-order valence-electron chi connectivity index (χ0n) is 8.24. The first-order valence-corrected chi connectivity index (χ1v) is 4.90. The second-order valence-corrected chi connectivity index (χ2v) is 3.09. The van der Waals surface area contributed by atoms with Crippen LogP contribution in [0.1, 0.15) is 19.8 Å². The fourth-order valence-electron chi connectivity index (χ4n) is 1.19. The molecule has 1 aliphatic heterocycles. The van der Waals surface area contributed by atoms with E-state index in [4.69, 9.17) is 9.47 Å². The average Bonchev–Trinajstić information content (AvgIpc) is 2.41. The summed E-state index contributed by atoms with van der Waals surface area (Å²) in [5.74, 6) is 0. The minimum Gasteiger partial charge on any atom is -0.374 e. The largest absolute Gasteiger partial charge is 0.374 e. The maximum atomic E-state index is 5.55. The molecule has 2 heteroatoms. The first kappa shape index (κ1) is 10.5. The monoisotopic (exact) mass is 182 g/mol. The third kappa shape index (κ3) is 4.86. The predicted molar refractivity (Wildman–Crippen MR) is 53.7 cm³/mol. The van der Waals surface area contributed by atoms with Gasteiger partial charge in [0.15, 0.2) is 0 Å². The zero-order valence-corrected chi connectivity index (χ0v) is 8.24. The van der Waals surface area contributed by atoms with Crippen LogP contribution in [0.15, 0.2) is 24.3 Å². The molecule has 0 saturated heterocycles. The van der Waals surface area contributed by atoms with Crippen molar-refractivity contribution in [2.24, 2.45) is 0 Å². The van der Waals surface area contributed by atoms with E-state index in [-0.39, 0.29) is 6.10 Å². The number of hydrogen-bond acceptors (Lipinski definition) is 2. The smallest absolute Gasteiger partial charge is 0.0989 e. The standard InChI is InChI=1S/C11H18O2/c1-2-3-8-12-10-11-7-5-4-6-9-13-11/h2-3,5,7,11H,4,6,8-10H2,1H3/b3-2+/t11-/m0/s1. The highest BCUT2D eigenvalue weighted by atomic mass is 16.5. The summed E-state index contributed by atoms with van der Waals surface area (Å²) in [4.78, 5) is 0. The summed E-state index contributed by atoms with van der Waals surface area (Å²) in [5.41, 5.74) is 0. The Balaban J connectivity index is 2.11. The van der Waals surface area contributed by atoms with Crippen molar-refractivity contribution in [2.45, 2.75) is 25.9 Å². The fourth-order valence-corrected chi connectivity index (χ4v) is 1.19. The molecule has 0 spiro atoms. The molecule has 0 fully saturated rings. The van der Waals surface area contributed by atoms with Crippen LogP contribution in [-0.4, -0.2) is 25.9 Å². The Morgan fingerprint density at radius 2 is 2.54 bits per heavy atom. The summed E-state index contributed by atoms with van der Waals surface area (Å²) in [6.07, 6.45) is 10.7. The van der Waals surface area contributed by atoms with E-state index in [1.165, 1.54) is 0 Å². The Hall–Kier alpha value is -0.600. The summed E-state index contributed by atoms with van der Waals surface area (Å²) in [7, 11) is 0. The van der Waals surface area contributed by atoms with Crippen molar-refractivity contribution in [3.8, 4) is 0 Å². The Morgan fingerprint density at radius 3 is 3.38 bits per heavy atom. The fraction of sp³-hybridized carbons (Fsp3) is 0.636. The van der Waals surface area contributed by atoms with E-state index < -0.39 is 0 Å². The molecule has 0 saturated carbocycles. The Morgan fingerprint density at radius 1 is 1.62 bits per heavy atom. The van der Waals surface area contributed by atoms with Crippen LogP contribution in [0.3, 0.4) is 0 Å². The van der Waals surface area contributed by atoms with E-state index in [2.05, 4.69) is 12.2 Å². The lowest BCUT2D eigenvalue weighted by Crippen LogP contribution is -2.17. The maximum absolute atomic E-state index is 5.55. The highest BCUT2D eigenvalue weighted by Crippen LogP contribution is 2.05. The zero-order chi connectivity index (χ0) is 9.36. The number of allylic oxidation sites excluding steroid dienone is 2. The van der Waals surface area contributed by atoms with Gasteiger partial charge in [-0.25, -0.2) is 0 Å². The van der Waals surface area contributed by atoms with Gasteiger partial charge in [-0.2, -0.15) is 0 Å². The van der Waals surface area contributed by atoms with Gasteiger partial charge < -0.3 is 9.47 Å². The summed E-state index contributed by atoms with van der Waals surface area (Å²) < 4.78 is 11.0. The molecular weight excluding hydrogens is 164 g/mol. The normalized spacial score (nSPS) is 23.6. The average molecular weight is 182 g/mol. The Labute approximate surface area is 80.2 Å². The van der Waals surface area contributed by atoms with E-state index in [1.54, 1.807) is 0 Å². The Kier molecular flexibility index (Phi) is 5.54. The van der Waals surface area contributed by atoms with Crippen molar-refractivity contribution in [3.63, 3.8) is 0 Å². The van der Waals surface area contributed by atoms with Gasteiger partial charge >= 0.3 is 0 Å². The third-order valence-corrected chi connectivity index (χ3v) is 1.93. The van der Waals surface area contributed by atoms with Crippen molar-refractivity contribution in [1.29, 1.82) is 0 Å². The molecule has 0 N–H and O–H groups in total. The molecule has 2 nitrogen and oxygen atoms in total. The van der Waals surface area contributed by atoms with E-state index in [1.807, 2.05) is 19.1 Å². The molecule has 0 aromatic rings. The van der Waals surface area contributed by atoms with E-state index in [0.29, 0.717) is 13.2 Å². The molecule has 1 rings (SSSR count). The summed E-state index contributed by atoms with van der Waals surface area (Å²) in [5, 5.41) is 0. The summed E-state index contributed by atoms with van der Waals surface area (Å²) in [6, 6.07) is 0. The second kappa shape index (κ2) is 6.87. The van der Waals surface area contributed by atoms with Crippen LogP contribution in [-0.2, 0) is 9.47 Å². The van der Waals surface area contributed by atoms with Gasteiger partial charge in [0, 0.05) is 6.61 Å². The van der Waals surface area contributed by atoms with Gasteiger partial charge in [0.05, 0.1) is 19.3 Å². The third-order valence-electron chi connectivity index (χ3n) is 1.93.